The Morgan fingerprint density at radius 3 is 2.74 bits per heavy atom. The molecule has 0 N–H and O–H groups in total. The van der Waals surface area contributed by atoms with Crippen LogP contribution in [0.3, 0.4) is 0 Å². The average Bonchev–Trinajstić information content (AvgIpc) is 3.04. The Labute approximate surface area is 119 Å². The van der Waals surface area contributed by atoms with Gasteiger partial charge in [-0.2, -0.15) is 0 Å². The number of rotatable bonds is 2. The van der Waals surface area contributed by atoms with E-state index in [1.165, 1.54) is 0 Å². The number of amides is 1. The van der Waals surface area contributed by atoms with E-state index in [9.17, 15) is 4.79 Å². The predicted molar refractivity (Wildman–Crippen MR) is 75.6 cm³/mol. The summed E-state index contributed by atoms with van der Waals surface area (Å²) in [4.78, 5) is 14.3. The van der Waals surface area contributed by atoms with E-state index in [1.54, 1.807) is 19.2 Å². The molecule has 3 rings (SSSR count). The number of benzene rings is 1. The van der Waals surface area contributed by atoms with Crippen molar-refractivity contribution in [2.45, 2.75) is 12.8 Å². The molecule has 0 saturated carbocycles. The molecule has 1 aliphatic rings. The molecule has 1 fully saturated rings. The van der Waals surface area contributed by atoms with Crippen LogP contribution in [0.4, 0.5) is 0 Å². The third kappa shape index (κ3) is 2.23. The molecule has 19 heavy (non-hydrogen) atoms. The molecule has 0 bridgehead atoms. The van der Waals surface area contributed by atoms with Crippen LogP contribution in [0.1, 0.15) is 23.2 Å². The lowest BCUT2D eigenvalue weighted by molar-refractivity contribution is 0.0792. The van der Waals surface area contributed by atoms with Gasteiger partial charge >= 0.3 is 0 Å². The fraction of sp³-hybridized carbons (Fsp3) is 0.357. The van der Waals surface area contributed by atoms with Gasteiger partial charge in [-0.25, -0.2) is 0 Å². The first-order chi connectivity index (χ1) is 9.19. The molecule has 1 amide bonds. The molecule has 2 heterocycles. The fourth-order valence-corrected chi connectivity index (χ4v) is 2.87. The van der Waals surface area contributed by atoms with Crippen LogP contribution >= 0.6 is 15.9 Å². The van der Waals surface area contributed by atoms with E-state index in [4.69, 9.17) is 9.15 Å². The average molecular weight is 324 g/mol. The minimum Gasteiger partial charge on any atom is -0.496 e. The minimum atomic E-state index is 0.0465. The number of hydrogen-bond donors (Lipinski definition) is 0. The quantitative estimate of drug-likeness (QED) is 0.850. The number of fused-ring (bicyclic) bond motifs is 1. The highest BCUT2D eigenvalue weighted by Gasteiger charge is 2.21. The van der Waals surface area contributed by atoms with Crippen molar-refractivity contribution in [1.82, 2.24) is 4.90 Å². The second-order valence-electron chi connectivity index (χ2n) is 4.64. The number of hydrogen-bond acceptors (Lipinski definition) is 3. The normalized spacial score (nSPS) is 15.2. The van der Waals surface area contributed by atoms with Crippen molar-refractivity contribution >= 4 is 32.8 Å². The van der Waals surface area contributed by atoms with Gasteiger partial charge in [-0.05, 0) is 40.9 Å². The first-order valence-electron chi connectivity index (χ1n) is 6.25. The van der Waals surface area contributed by atoms with Crippen LogP contribution in [-0.2, 0) is 0 Å². The number of methoxy groups -OCH3 is 1. The van der Waals surface area contributed by atoms with Crippen LogP contribution in [-0.4, -0.2) is 31.0 Å². The fourth-order valence-electron chi connectivity index (χ4n) is 2.47. The third-order valence-electron chi connectivity index (χ3n) is 3.43. The van der Waals surface area contributed by atoms with E-state index < -0.39 is 0 Å². The number of ether oxygens (including phenoxy) is 1. The van der Waals surface area contributed by atoms with Gasteiger partial charge in [0.2, 0.25) is 0 Å². The van der Waals surface area contributed by atoms with Crippen LogP contribution < -0.4 is 4.74 Å². The van der Waals surface area contributed by atoms with E-state index in [0.29, 0.717) is 21.6 Å². The summed E-state index contributed by atoms with van der Waals surface area (Å²) in [6.45, 7) is 1.67. The highest BCUT2D eigenvalue weighted by atomic mass is 79.9. The number of likely N-dealkylation sites (tertiary alicyclic amines) is 1. The maximum atomic E-state index is 12.4. The summed E-state index contributed by atoms with van der Waals surface area (Å²) in [6, 6.07) is 5.41. The summed E-state index contributed by atoms with van der Waals surface area (Å²) in [5.74, 6) is 0.708. The smallest absolute Gasteiger partial charge is 0.254 e. The molecule has 0 atom stereocenters. The number of carbonyl (C=O) groups is 1. The molecule has 0 radical (unpaired) electrons. The molecule has 1 aliphatic heterocycles. The lowest BCUT2D eigenvalue weighted by atomic mass is 10.1. The molecule has 2 aromatic rings. The summed E-state index contributed by atoms with van der Waals surface area (Å²) in [5, 5.41) is 0.868. The van der Waals surface area contributed by atoms with Gasteiger partial charge in [0.15, 0.2) is 4.67 Å². The Morgan fingerprint density at radius 2 is 2.05 bits per heavy atom. The van der Waals surface area contributed by atoms with Crippen molar-refractivity contribution in [3.8, 4) is 5.75 Å². The topological polar surface area (TPSA) is 42.7 Å². The molecule has 1 aromatic carbocycles. The number of carbonyl (C=O) groups excluding carboxylic acids is 1. The van der Waals surface area contributed by atoms with Gasteiger partial charge in [-0.1, -0.05) is 0 Å². The largest absolute Gasteiger partial charge is 0.496 e. The second-order valence-corrected chi connectivity index (χ2v) is 5.42. The van der Waals surface area contributed by atoms with Crippen molar-refractivity contribution in [2.24, 2.45) is 0 Å². The van der Waals surface area contributed by atoms with Gasteiger partial charge < -0.3 is 14.1 Å². The van der Waals surface area contributed by atoms with E-state index in [0.717, 1.165) is 31.3 Å². The zero-order valence-electron chi connectivity index (χ0n) is 10.6. The Hall–Kier alpha value is -1.49. The highest BCUT2D eigenvalue weighted by Crippen LogP contribution is 2.33. The predicted octanol–water partition coefficient (Wildman–Crippen LogP) is 3.44. The van der Waals surface area contributed by atoms with Gasteiger partial charge in [-0.15, -0.1) is 0 Å². The summed E-state index contributed by atoms with van der Waals surface area (Å²) in [5.41, 5.74) is 1.28. The van der Waals surface area contributed by atoms with Gasteiger partial charge in [0, 0.05) is 24.7 Å². The molecule has 1 aromatic heterocycles. The Morgan fingerprint density at radius 1 is 1.32 bits per heavy atom. The molecule has 5 heteroatoms. The Bertz CT molecular complexity index is 629. The summed E-state index contributed by atoms with van der Waals surface area (Å²) in [6.07, 6.45) is 2.16. The van der Waals surface area contributed by atoms with Gasteiger partial charge in [0.05, 0.1) is 12.5 Å². The van der Waals surface area contributed by atoms with E-state index in [1.807, 2.05) is 11.0 Å². The van der Waals surface area contributed by atoms with Crippen molar-refractivity contribution in [3.63, 3.8) is 0 Å². The summed E-state index contributed by atoms with van der Waals surface area (Å²) < 4.78 is 11.5. The second kappa shape index (κ2) is 4.89. The van der Waals surface area contributed by atoms with Gasteiger partial charge in [0.25, 0.3) is 5.91 Å². The summed E-state index contributed by atoms with van der Waals surface area (Å²) in [7, 11) is 1.60. The summed E-state index contributed by atoms with van der Waals surface area (Å²) >= 11 is 3.30. The molecule has 0 unspecified atom stereocenters. The monoisotopic (exact) mass is 323 g/mol. The van der Waals surface area contributed by atoms with Gasteiger partial charge in [-0.3, -0.25) is 4.79 Å². The highest BCUT2D eigenvalue weighted by molar-refractivity contribution is 9.10. The van der Waals surface area contributed by atoms with Crippen LogP contribution in [0, 0.1) is 0 Å². The lowest BCUT2D eigenvalue weighted by Crippen LogP contribution is -2.27. The standard InChI is InChI=1S/C14H14BrNO3/c1-18-11-6-9(14(17)16-4-2-3-5-16)7-12-10(11)8-13(15)19-12/h6-8H,2-5H2,1H3. The van der Waals surface area contributed by atoms with E-state index in [2.05, 4.69) is 15.9 Å². The van der Waals surface area contributed by atoms with E-state index in [-0.39, 0.29) is 5.91 Å². The van der Waals surface area contributed by atoms with Crippen molar-refractivity contribution in [2.75, 3.05) is 20.2 Å². The van der Waals surface area contributed by atoms with Crippen LogP contribution in [0.15, 0.2) is 27.3 Å². The molecular weight excluding hydrogens is 310 g/mol. The van der Waals surface area contributed by atoms with Crippen LogP contribution in [0.2, 0.25) is 0 Å². The molecule has 4 nitrogen and oxygen atoms in total. The first kappa shape index (κ1) is 12.5. The molecular formula is C14H14BrNO3. The maximum absolute atomic E-state index is 12.4. The number of nitrogens with zero attached hydrogens (tertiary/aromatic N) is 1. The molecule has 0 spiro atoms. The molecule has 0 aliphatic carbocycles. The first-order valence-corrected chi connectivity index (χ1v) is 7.04. The van der Waals surface area contributed by atoms with Crippen LogP contribution in [0.25, 0.3) is 11.0 Å². The number of furan rings is 1. The third-order valence-corrected chi connectivity index (χ3v) is 3.82. The van der Waals surface area contributed by atoms with Crippen molar-refractivity contribution in [1.29, 1.82) is 0 Å². The van der Waals surface area contributed by atoms with Gasteiger partial charge in [0.1, 0.15) is 11.3 Å². The SMILES string of the molecule is COc1cc(C(=O)N2CCCC2)cc2oc(Br)cc12. The Kier molecular flexibility index (Phi) is 3.22. The van der Waals surface area contributed by atoms with Crippen LogP contribution in [0.5, 0.6) is 5.75 Å². The molecule has 1 saturated heterocycles. The molecule has 100 valence electrons. The zero-order chi connectivity index (χ0) is 13.4. The number of halogens is 1. The minimum absolute atomic E-state index is 0.0465. The van der Waals surface area contributed by atoms with Crippen molar-refractivity contribution in [3.05, 3.63) is 28.4 Å². The maximum Gasteiger partial charge on any atom is 0.254 e. The van der Waals surface area contributed by atoms with E-state index >= 15 is 0 Å². The zero-order valence-corrected chi connectivity index (χ0v) is 12.2. The Balaban J connectivity index is 2.05. The van der Waals surface area contributed by atoms with Crippen molar-refractivity contribution < 1.29 is 13.9 Å². The lowest BCUT2D eigenvalue weighted by Gasteiger charge is -2.15.